The Morgan fingerprint density at radius 2 is 2.19 bits per heavy atom. The molecule has 16 heavy (non-hydrogen) atoms. The van der Waals surface area contributed by atoms with Crippen LogP contribution in [0.2, 0.25) is 0 Å². The van der Waals surface area contributed by atoms with E-state index in [1.165, 1.54) is 7.11 Å². The summed E-state index contributed by atoms with van der Waals surface area (Å²) in [6, 6.07) is 5.03. The number of methoxy groups -OCH3 is 1. The fourth-order valence-electron chi connectivity index (χ4n) is 1.22. The van der Waals surface area contributed by atoms with Crippen LogP contribution in [-0.2, 0) is 0 Å². The second kappa shape index (κ2) is 5.95. The summed E-state index contributed by atoms with van der Waals surface area (Å²) in [6.07, 6.45) is 0. The van der Waals surface area contributed by atoms with Gasteiger partial charge in [0.2, 0.25) is 0 Å². The van der Waals surface area contributed by atoms with Gasteiger partial charge in [-0.3, -0.25) is 0 Å². The summed E-state index contributed by atoms with van der Waals surface area (Å²) in [6.45, 7) is 1.10. The molecule has 0 fully saturated rings. The smallest absolute Gasteiger partial charge is 0.161 e. The van der Waals surface area contributed by atoms with E-state index in [2.05, 4.69) is 5.16 Å². The van der Waals surface area contributed by atoms with Gasteiger partial charge in [-0.05, 0) is 25.1 Å². The van der Waals surface area contributed by atoms with Gasteiger partial charge in [0.15, 0.2) is 11.5 Å². The quantitative estimate of drug-likeness (QED) is 0.477. The molecule has 0 bridgehead atoms. The summed E-state index contributed by atoms with van der Waals surface area (Å²) in [4.78, 5) is 0. The van der Waals surface area contributed by atoms with Crippen LogP contribution in [-0.4, -0.2) is 31.3 Å². The second-order valence-corrected chi connectivity index (χ2v) is 3.09. The lowest BCUT2D eigenvalue weighted by atomic mass is 10.1. The fraction of sp³-hybridized carbons (Fsp3) is 0.364. The Bertz CT molecular complexity index is 379. The molecule has 0 radical (unpaired) electrons. The van der Waals surface area contributed by atoms with Gasteiger partial charge >= 0.3 is 0 Å². The zero-order valence-corrected chi connectivity index (χ0v) is 9.24. The van der Waals surface area contributed by atoms with Gasteiger partial charge < -0.3 is 14.7 Å². The number of ether oxygens (including phenoxy) is 2. The second-order valence-electron chi connectivity index (χ2n) is 3.09. The molecule has 0 amide bonds. The van der Waals surface area contributed by atoms with E-state index in [1.54, 1.807) is 25.1 Å². The van der Waals surface area contributed by atoms with Crippen molar-refractivity contribution in [2.75, 3.05) is 20.4 Å². The normalized spacial score (nSPS) is 11.3. The predicted molar refractivity (Wildman–Crippen MR) is 58.5 cm³/mol. The Hall–Kier alpha value is -1.78. The monoisotopic (exact) mass is 227 g/mol. The number of rotatable bonds is 5. The van der Waals surface area contributed by atoms with Crippen molar-refractivity contribution in [2.24, 2.45) is 5.16 Å². The molecule has 88 valence electrons. The average molecular weight is 227 g/mol. The van der Waals surface area contributed by atoms with Crippen molar-refractivity contribution in [3.8, 4) is 11.5 Å². The summed E-state index contributed by atoms with van der Waals surface area (Å²) in [5, 5.41) is 11.7. The maximum absolute atomic E-state index is 12.0. The summed E-state index contributed by atoms with van der Waals surface area (Å²) in [5.74, 6) is 0.948. The highest BCUT2D eigenvalue weighted by molar-refractivity contribution is 5.98. The maximum Gasteiger partial charge on any atom is 0.161 e. The van der Waals surface area contributed by atoms with Crippen LogP contribution in [0.5, 0.6) is 11.5 Å². The van der Waals surface area contributed by atoms with E-state index in [1.807, 2.05) is 0 Å². The third-order valence-corrected chi connectivity index (χ3v) is 2.07. The Morgan fingerprint density at radius 3 is 2.75 bits per heavy atom. The first-order chi connectivity index (χ1) is 7.72. The van der Waals surface area contributed by atoms with E-state index < -0.39 is 6.67 Å². The van der Waals surface area contributed by atoms with Crippen molar-refractivity contribution in [3.05, 3.63) is 23.8 Å². The summed E-state index contributed by atoms with van der Waals surface area (Å²) in [7, 11) is 1.49. The lowest BCUT2D eigenvalue weighted by Crippen LogP contribution is -2.02. The number of halogens is 1. The van der Waals surface area contributed by atoms with Crippen LogP contribution >= 0.6 is 0 Å². The minimum atomic E-state index is -0.554. The molecule has 0 aromatic heterocycles. The number of nitrogens with zero attached hydrogens (tertiary/aromatic N) is 1. The first-order valence-electron chi connectivity index (χ1n) is 4.78. The highest BCUT2D eigenvalue weighted by Crippen LogP contribution is 2.28. The van der Waals surface area contributed by atoms with Crippen LogP contribution in [0.1, 0.15) is 12.5 Å². The number of hydrogen-bond acceptors (Lipinski definition) is 4. The number of benzene rings is 1. The van der Waals surface area contributed by atoms with E-state index in [-0.39, 0.29) is 6.61 Å². The van der Waals surface area contributed by atoms with Crippen LogP contribution in [0, 0.1) is 0 Å². The third kappa shape index (κ3) is 2.85. The Balaban J connectivity index is 2.97. The predicted octanol–water partition coefficient (Wildman–Crippen LogP) is 2.24. The van der Waals surface area contributed by atoms with E-state index in [0.717, 1.165) is 0 Å². The highest BCUT2D eigenvalue weighted by Gasteiger charge is 2.07. The molecule has 0 aliphatic carbocycles. The molecular formula is C11H14FNO3. The van der Waals surface area contributed by atoms with Gasteiger partial charge in [-0.2, -0.15) is 0 Å². The first kappa shape index (κ1) is 12.3. The zero-order valence-electron chi connectivity index (χ0n) is 9.24. The molecule has 0 unspecified atom stereocenters. The number of alkyl halides is 1. The van der Waals surface area contributed by atoms with Crippen LogP contribution in [0.25, 0.3) is 0 Å². The molecule has 4 nitrogen and oxygen atoms in total. The molecule has 0 saturated carbocycles. The lowest BCUT2D eigenvalue weighted by Gasteiger charge is -2.10. The molecule has 0 aliphatic rings. The van der Waals surface area contributed by atoms with Gasteiger partial charge in [0, 0.05) is 5.56 Å². The third-order valence-electron chi connectivity index (χ3n) is 2.07. The SMILES string of the molecule is COc1cc(/C(C)=N/O)ccc1OCCF. The summed E-state index contributed by atoms with van der Waals surface area (Å²) >= 11 is 0. The van der Waals surface area contributed by atoms with Crippen molar-refractivity contribution in [1.82, 2.24) is 0 Å². The van der Waals surface area contributed by atoms with Crippen molar-refractivity contribution in [3.63, 3.8) is 0 Å². The van der Waals surface area contributed by atoms with Crippen LogP contribution in [0.15, 0.2) is 23.4 Å². The highest BCUT2D eigenvalue weighted by atomic mass is 19.1. The number of oxime groups is 1. The van der Waals surface area contributed by atoms with Gasteiger partial charge in [0.25, 0.3) is 0 Å². The largest absolute Gasteiger partial charge is 0.493 e. The molecule has 1 N–H and O–H groups in total. The lowest BCUT2D eigenvalue weighted by molar-refractivity contribution is 0.260. The first-order valence-corrected chi connectivity index (χ1v) is 4.78. The summed E-state index contributed by atoms with van der Waals surface area (Å²) < 4.78 is 22.2. The molecule has 5 heteroatoms. The van der Waals surface area contributed by atoms with Crippen LogP contribution < -0.4 is 9.47 Å². The summed E-state index contributed by atoms with van der Waals surface area (Å²) in [5.41, 5.74) is 1.18. The molecular weight excluding hydrogens is 213 g/mol. The topological polar surface area (TPSA) is 51.0 Å². The maximum atomic E-state index is 12.0. The minimum absolute atomic E-state index is 0.0111. The molecule has 1 rings (SSSR count). The minimum Gasteiger partial charge on any atom is -0.493 e. The average Bonchev–Trinajstić information content (AvgIpc) is 2.35. The van der Waals surface area contributed by atoms with Gasteiger partial charge in [0.1, 0.15) is 13.3 Å². The number of hydrogen-bond donors (Lipinski definition) is 1. The molecule has 0 spiro atoms. The standard InChI is InChI=1S/C11H14FNO3/c1-8(13-14)9-3-4-10(16-6-5-12)11(7-9)15-2/h3-4,7,14H,5-6H2,1-2H3/b13-8+. The van der Waals surface area contributed by atoms with E-state index in [9.17, 15) is 4.39 Å². The molecule has 0 aliphatic heterocycles. The van der Waals surface area contributed by atoms with E-state index >= 15 is 0 Å². The van der Waals surface area contributed by atoms with Gasteiger partial charge in [0.05, 0.1) is 12.8 Å². The Labute approximate surface area is 93.3 Å². The molecule has 1 aromatic carbocycles. The zero-order chi connectivity index (χ0) is 12.0. The molecule has 1 aromatic rings. The van der Waals surface area contributed by atoms with E-state index in [4.69, 9.17) is 14.7 Å². The van der Waals surface area contributed by atoms with Crippen molar-refractivity contribution in [1.29, 1.82) is 0 Å². The van der Waals surface area contributed by atoms with E-state index in [0.29, 0.717) is 22.8 Å². The van der Waals surface area contributed by atoms with Crippen LogP contribution in [0.3, 0.4) is 0 Å². The molecule has 0 atom stereocenters. The van der Waals surface area contributed by atoms with Crippen LogP contribution in [0.4, 0.5) is 4.39 Å². The Morgan fingerprint density at radius 1 is 1.44 bits per heavy atom. The fourth-order valence-corrected chi connectivity index (χ4v) is 1.22. The van der Waals surface area contributed by atoms with Crippen molar-refractivity contribution < 1.29 is 19.1 Å². The molecule has 0 saturated heterocycles. The van der Waals surface area contributed by atoms with Gasteiger partial charge in [-0.15, -0.1) is 0 Å². The van der Waals surface area contributed by atoms with Gasteiger partial charge in [-0.25, -0.2) is 4.39 Å². The van der Waals surface area contributed by atoms with Crippen molar-refractivity contribution in [2.45, 2.75) is 6.92 Å². The van der Waals surface area contributed by atoms with Crippen molar-refractivity contribution >= 4 is 5.71 Å². The Kier molecular flexibility index (Phi) is 4.57. The van der Waals surface area contributed by atoms with Gasteiger partial charge in [-0.1, -0.05) is 5.16 Å². The molecule has 0 heterocycles.